The molecule has 0 aliphatic carbocycles. The van der Waals surface area contributed by atoms with Crippen LogP contribution in [0.15, 0.2) is 146 Å². The minimum absolute atomic E-state index is 0.00909. The van der Waals surface area contributed by atoms with E-state index < -0.39 is 0 Å². The van der Waals surface area contributed by atoms with E-state index in [0.29, 0.717) is 130 Å². The number of thiophene rings is 3. The normalized spacial score (nSPS) is 17.8. The first-order valence-electron chi connectivity index (χ1n) is 35.1. The molecule has 0 spiro atoms. The fraction of sp³-hybridized carbons (Fsp3) is 0.272. The van der Waals surface area contributed by atoms with Crippen molar-refractivity contribution in [1.29, 1.82) is 0 Å². The molecule has 4 amide bonds. The number of benzene rings is 6. The number of imidazole rings is 1. The molecular weight excluding hydrogens is 1510 g/mol. The Labute approximate surface area is 647 Å². The van der Waals surface area contributed by atoms with Gasteiger partial charge in [0.15, 0.2) is 46.0 Å². The summed E-state index contributed by atoms with van der Waals surface area (Å²) in [5.41, 5.74) is 13.3. The number of hydrogen-bond acceptors (Lipinski definition) is 22. The lowest BCUT2D eigenvalue weighted by Gasteiger charge is -2.32. The van der Waals surface area contributed by atoms with E-state index in [1.54, 1.807) is 127 Å². The number of carbonyl (C=O) groups is 4. The Kier molecular flexibility index (Phi) is 20.0. The van der Waals surface area contributed by atoms with Gasteiger partial charge in [-0.05, 0) is 140 Å². The molecule has 556 valence electrons. The van der Waals surface area contributed by atoms with Crippen LogP contribution in [0.2, 0.25) is 0 Å². The van der Waals surface area contributed by atoms with Crippen LogP contribution in [0.5, 0.6) is 57.5 Å². The predicted molar refractivity (Wildman–Crippen MR) is 417 cm³/mol. The highest BCUT2D eigenvalue weighted by Gasteiger charge is 2.39. The molecule has 10 aromatic rings. The Morgan fingerprint density at radius 1 is 0.468 bits per heavy atom. The van der Waals surface area contributed by atoms with Gasteiger partial charge >= 0.3 is 0 Å². The van der Waals surface area contributed by atoms with Crippen molar-refractivity contribution in [1.82, 2.24) is 29.2 Å². The van der Waals surface area contributed by atoms with Crippen LogP contribution in [-0.4, -0.2) is 148 Å². The number of ether oxygens (including phenoxy) is 8. The molecule has 0 saturated heterocycles. The molecule has 4 atom stereocenters. The summed E-state index contributed by atoms with van der Waals surface area (Å²) in [6, 6.07) is 30.6. The lowest BCUT2D eigenvalue weighted by atomic mass is 10.0. The Morgan fingerprint density at radius 2 is 0.908 bits per heavy atom. The molecule has 0 saturated carbocycles. The van der Waals surface area contributed by atoms with Crippen molar-refractivity contribution in [3.63, 3.8) is 0 Å². The summed E-state index contributed by atoms with van der Waals surface area (Å²) in [5, 5.41) is 27.5. The van der Waals surface area contributed by atoms with Crippen LogP contribution in [0.4, 0.5) is 11.4 Å². The zero-order valence-electron chi connectivity index (χ0n) is 60.1. The molecule has 2 N–H and O–H groups in total. The summed E-state index contributed by atoms with van der Waals surface area (Å²) in [7, 11) is 9.71. The SMILES string of the molecule is COc1cc(CBr)cc(COc2cc3c(cc2OC)C(=O)N2Cc4ccsc4C[C@H]2N=C3)c1.COc1cc2c(cc1O)N=C[C@@H]1Cc3sccc3CN1C2=O.COc1cc2c(cc1OCc1cc(O)cc(COc3cc4c(cc3OC)C(=O)N3Cc5ncn(C)c5C[C@H]3C=N4)c1)C=N[C@@H]1Cc3sccc3CN1C2=O. The maximum Gasteiger partial charge on any atom is 0.257 e. The van der Waals surface area contributed by atoms with Gasteiger partial charge in [-0.1, -0.05) is 22.0 Å². The smallest absolute Gasteiger partial charge is 0.257 e. The van der Waals surface area contributed by atoms with Crippen molar-refractivity contribution in [3.8, 4) is 57.5 Å². The molecule has 109 heavy (non-hydrogen) atoms. The standard InChI is InChI=1S/C40H36N6O7S.C25H23BrN2O4S.C16H14N2O3S/c1-44-21-43-31-18-45-26(10-32(31)44)16-41-30-13-36(34(51-3)12-29(30)40(45)49)53-20-23-6-22(7-27(47)8-23)19-52-35-9-25-15-42-38-14-37-24(4-5-54-37)17-46(38)39(48)28(25)11-33(35)50-2;1-30-19-6-15(11-26)5-16(7-19)14-32-22-8-18-12-27-24-10-23-17(3-4-33-23)13-28(24)25(29)20(18)9-21(22)31-2;1-21-14-5-11-12(6-13(14)19)17-7-10-4-15-9(2-3-22-15)8-18(10)16(11)20/h4-9,11-13,15-16,21,26,38,47H,10,14,17-20H2,1-3H3;3-9,12,24H,10-11,13-14H2,1-2H3;2-3,5-7,10,19H,4,8H2,1H3/t26-,38-;24-;10-/m000/s1. The number of aliphatic imine (C=N–C) groups is 4. The number of phenolic OH excluding ortho intramolecular Hbond substituents is 2. The van der Waals surface area contributed by atoms with Crippen molar-refractivity contribution in [2.24, 2.45) is 27.0 Å². The zero-order valence-corrected chi connectivity index (χ0v) is 64.1. The van der Waals surface area contributed by atoms with Gasteiger partial charge in [0.1, 0.15) is 43.7 Å². The van der Waals surface area contributed by atoms with Crippen LogP contribution in [0, 0.1) is 0 Å². The number of aromatic nitrogens is 2. The van der Waals surface area contributed by atoms with Crippen molar-refractivity contribution < 1.29 is 67.3 Å². The monoisotopic (exact) mass is 1580 g/mol. The number of halogens is 1. The second-order valence-corrected chi connectivity index (χ2v) is 30.6. The lowest BCUT2D eigenvalue weighted by Crippen LogP contribution is -2.44. The number of nitrogens with zero attached hydrogens (tertiary/aromatic N) is 10. The first kappa shape index (κ1) is 71.9. The van der Waals surface area contributed by atoms with Crippen molar-refractivity contribution in [2.75, 3.05) is 35.5 Å². The summed E-state index contributed by atoms with van der Waals surface area (Å²) in [6.45, 7) is 2.62. The van der Waals surface area contributed by atoms with Gasteiger partial charge in [0.25, 0.3) is 23.6 Å². The molecule has 8 aliphatic rings. The van der Waals surface area contributed by atoms with E-state index in [1.807, 2.05) is 56.8 Å². The number of carbonyl (C=O) groups excluding carboxylic acids is 4. The molecule has 0 radical (unpaired) electrons. The van der Waals surface area contributed by atoms with Crippen LogP contribution in [-0.2, 0) is 84.1 Å². The zero-order chi connectivity index (χ0) is 75.3. The van der Waals surface area contributed by atoms with Gasteiger partial charge in [-0.15, -0.1) is 34.0 Å². The summed E-state index contributed by atoms with van der Waals surface area (Å²) in [6.07, 6.45) is 11.3. The molecule has 6 aromatic carbocycles. The number of methoxy groups -OCH3 is 5. The van der Waals surface area contributed by atoms with Gasteiger partial charge in [0.05, 0.1) is 99.8 Å². The van der Waals surface area contributed by atoms with Crippen LogP contribution in [0.25, 0.3) is 0 Å². The van der Waals surface area contributed by atoms with Crippen molar-refractivity contribution in [2.45, 2.75) is 101 Å². The van der Waals surface area contributed by atoms with Crippen LogP contribution < -0.4 is 37.9 Å². The van der Waals surface area contributed by atoms with Crippen LogP contribution in [0.1, 0.15) is 118 Å². The summed E-state index contributed by atoms with van der Waals surface area (Å²) >= 11 is 8.64. The molecule has 8 aliphatic heterocycles. The number of hydrogen-bond donors (Lipinski definition) is 2. The number of amides is 4. The Morgan fingerprint density at radius 3 is 1.43 bits per heavy atom. The topological polar surface area (TPSA) is 263 Å². The van der Waals surface area contributed by atoms with E-state index in [4.69, 9.17) is 52.9 Å². The predicted octanol–water partition coefficient (Wildman–Crippen LogP) is 13.5. The van der Waals surface area contributed by atoms with E-state index in [2.05, 4.69) is 66.3 Å². The fourth-order valence-electron chi connectivity index (χ4n) is 14.7. The molecule has 0 unspecified atom stereocenters. The number of aryl methyl sites for hydroxylation is 1. The first-order valence-corrected chi connectivity index (χ1v) is 38.8. The van der Waals surface area contributed by atoms with Crippen molar-refractivity contribution in [3.05, 3.63) is 224 Å². The van der Waals surface area contributed by atoms with Gasteiger partial charge in [-0.2, -0.15) is 0 Å². The Balaban J connectivity index is 0.000000139. The van der Waals surface area contributed by atoms with Gasteiger partial charge in [-0.25, -0.2) is 4.98 Å². The van der Waals surface area contributed by atoms with E-state index in [9.17, 15) is 29.4 Å². The summed E-state index contributed by atoms with van der Waals surface area (Å²) < 4.78 is 48.0. The second-order valence-electron chi connectivity index (χ2n) is 27.1. The molecule has 0 fully saturated rings. The average Bonchev–Trinajstić information content (AvgIpc) is 1.62. The molecule has 18 rings (SSSR count). The second kappa shape index (κ2) is 30.4. The van der Waals surface area contributed by atoms with Crippen molar-refractivity contribution >= 4 is 110 Å². The third-order valence-corrected chi connectivity index (χ3v) is 24.1. The number of rotatable bonds is 15. The molecule has 24 nitrogen and oxygen atoms in total. The summed E-state index contributed by atoms with van der Waals surface area (Å²) in [5.74, 6) is 3.48. The number of fused-ring (bicyclic) bond motifs is 12. The van der Waals surface area contributed by atoms with Gasteiger partial charge in [0.2, 0.25) is 0 Å². The van der Waals surface area contributed by atoms with Gasteiger partial charge in [-0.3, -0.25) is 39.1 Å². The number of phenols is 2. The minimum Gasteiger partial charge on any atom is -0.508 e. The quantitative estimate of drug-likeness (QED) is 0.0904. The fourth-order valence-corrected chi connectivity index (χ4v) is 17.9. The molecule has 0 bridgehead atoms. The van der Waals surface area contributed by atoms with E-state index in [-0.39, 0.29) is 78.5 Å². The highest BCUT2D eigenvalue weighted by atomic mass is 79.9. The van der Waals surface area contributed by atoms with E-state index in [1.165, 1.54) is 53.2 Å². The number of aromatic hydroxyl groups is 2. The highest BCUT2D eigenvalue weighted by Crippen LogP contribution is 2.44. The number of alkyl halides is 1. The largest absolute Gasteiger partial charge is 0.508 e. The first-order chi connectivity index (χ1) is 53.0. The van der Waals surface area contributed by atoms with Crippen LogP contribution >= 0.6 is 49.9 Å². The maximum absolute atomic E-state index is 13.8. The summed E-state index contributed by atoms with van der Waals surface area (Å²) in [4.78, 5) is 88.1. The Hall–Kier alpha value is -11.3. The molecule has 12 heterocycles. The average molecular weight is 1590 g/mol. The third-order valence-electron chi connectivity index (χ3n) is 20.4. The van der Waals surface area contributed by atoms with Crippen LogP contribution in [0.3, 0.4) is 0 Å². The lowest BCUT2D eigenvalue weighted by molar-refractivity contribution is 0.0647. The molecule has 28 heteroatoms. The Bertz CT molecular complexity index is 5390. The van der Waals surface area contributed by atoms with Gasteiger partial charge < -0.3 is 72.3 Å². The third kappa shape index (κ3) is 14.2. The van der Waals surface area contributed by atoms with E-state index in [0.717, 1.165) is 57.6 Å². The maximum atomic E-state index is 13.8. The van der Waals surface area contributed by atoms with Gasteiger partial charge in [0, 0.05) is 126 Å². The highest BCUT2D eigenvalue weighted by molar-refractivity contribution is 9.08. The minimum atomic E-state index is -0.265. The van der Waals surface area contributed by atoms with E-state index >= 15 is 0 Å². The molecule has 4 aromatic heterocycles. The molecular formula is C81H73BrN10O14S3.